The number of nitrogens with zero attached hydrogens (tertiary/aromatic N) is 6. The molecule has 8 nitrogen and oxygen atoms in total. The Morgan fingerprint density at radius 1 is 0.897 bits per heavy atom. The Morgan fingerprint density at radius 3 is 2.14 bits per heavy atom. The first-order valence-electron chi connectivity index (χ1n) is 9.58. The highest BCUT2D eigenvalue weighted by molar-refractivity contribution is 6.30. The summed E-state index contributed by atoms with van der Waals surface area (Å²) in [6, 6.07) is 9.42. The van der Waals surface area contributed by atoms with Gasteiger partial charge in [-0.25, -0.2) is 9.97 Å². The Bertz CT molecular complexity index is 906. The summed E-state index contributed by atoms with van der Waals surface area (Å²) < 4.78 is 0. The van der Waals surface area contributed by atoms with Gasteiger partial charge in [-0.1, -0.05) is 23.7 Å². The summed E-state index contributed by atoms with van der Waals surface area (Å²) in [7, 11) is 1.81. The number of piperazine rings is 2. The summed E-state index contributed by atoms with van der Waals surface area (Å²) >= 11 is 5.93. The van der Waals surface area contributed by atoms with E-state index < -0.39 is 0 Å². The van der Waals surface area contributed by atoms with Crippen molar-refractivity contribution in [2.24, 2.45) is 0 Å². The molecule has 2 aromatic rings. The van der Waals surface area contributed by atoms with Crippen LogP contribution in [0.15, 0.2) is 36.7 Å². The molecule has 2 aliphatic rings. The first-order valence-corrected chi connectivity index (χ1v) is 9.95. The number of carbonyl (C=O) groups is 2. The highest BCUT2D eigenvalue weighted by Gasteiger charge is 2.26. The van der Waals surface area contributed by atoms with Crippen LogP contribution >= 0.6 is 11.6 Å². The van der Waals surface area contributed by atoms with Crippen molar-refractivity contribution in [3.8, 4) is 0 Å². The Hall–Kier alpha value is -2.87. The predicted octanol–water partition coefficient (Wildman–Crippen LogP) is 1.26. The van der Waals surface area contributed by atoms with Crippen LogP contribution in [0.1, 0.15) is 5.56 Å². The molecule has 0 saturated carbocycles. The quantitative estimate of drug-likeness (QED) is 0.750. The molecule has 29 heavy (non-hydrogen) atoms. The molecule has 2 fully saturated rings. The van der Waals surface area contributed by atoms with Gasteiger partial charge in [0.2, 0.25) is 11.8 Å². The number of rotatable bonds is 4. The molecule has 0 N–H and O–H groups in total. The van der Waals surface area contributed by atoms with Crippen molar-refractivity contribution < 1.29 is 9.59 Å². The largest absolute Gasteiger partial charge is 0.345 e. The molecule has 152 valence electrons. The molecule has 0 radical (unpaired) electrons. The van der Waals surface area contributed by atoms with E-state index in [4.69, 9.17) is 11.6 Å². The van der Waals surface area contributed by atoms with Crippen LogP contribution in [0.25, 0.3) is 0 Å². The van der Waals surface area contributed by atoms with Crippen molar-refractivity contribution in [3.63, 3.8) is 0 Å². The zero-order valence-corrected chi connectivity index (χ0v) is 17.0. The average Bonchev–Trinajstić information content (AvgIpc) is 2.73. The number of carbonyl (C=O) groups excluding carboxylic acids is 2. The van der Waals surface area contributed by atoms with Gasteiger partial charge in [0.05, 0.1) is 13.1 Å². The minimum absolute atomic E-state index is 0.0566. The molecule has 2 saturated heterocycles. The van der Waals surface area contributed by atoms with Crippen molar-refractivity contribution in [2.45, 2.75) is 6.54 Å². The van der Waals surface area contributed by atoms with Gasteiger partial charge in [0.15, 0.2) is 0 Å². The SMILES string of the molecule is CN1CCN(c2cc(N3CCN(Cc4ccc(Cl)cc4)C(=O)C3)ncn2)CC1=O. The minimum Gasteiger partial charge on any atom is -0.345 e. The molecule has 0 unspecified atom stereocenters. The van der Waals surface area contributed by atoms with E-state index in [-0.39, 0.29) is 18.4 Å². The van der Waals surface area contributed by atoms with Gasteiger partial charge in [-0.3, -0.25) is 9.59 Å². The van der Waals surface area contributed by atoms with Gasteiger partial charge < -0.3 is 19.6 Å². The van der Waals surface area contributed by atoms with Gasteiger partial charge in [0.1, 0.15) is 18.0 Å². The monoisotopic (exact) mass is 414 g/mol. The second kappa shape index (κ2) is 8.24. The van der Waals surface area contributed by atoms with E-state index in [0.717, 1.165) is 12.1 Å². The van der Waals surface area contributed by atoms with Crippen LogP contribution in [0.2, 0.25) is 5.02 Å². The number of hydrogen-bond donors (Lipinski definition) is 0. The zero-order valence-electron chi connectivity index (χ0n) is 16.3. The standard InChI is InChI=1S/C20H23ClN6O2/c1-24-6-7-25(12-19(24)28)17-10-18(23-14-22-17)26-8-9-27(20(29)13-26)11-15-2-4-16(21)5-3-15/h2-5,10,14H,6-9,11-13H2,1H3. The molecule has 2 aliphatic heterocycles. The van der Waals surface area contributed by atoms with Crippen LogP contribution in [0, 0.1) is 0 Å². The molecule has 2 amide bonds. The Labute approximate surface area is 174 Å². The van der Waals surface area contributed by atoms with Gasteiger partial charge in [0.25, 0.3) is 0 Å². The lowest BCUT2D eigenvalue weighted by Crippen LogP contribution is -2.50. The summed E-state index contributed by atoms with van der Waals surface area (Å²) in [6.45, 7) is 3.85. The molecule has 1 aromatic heterocycles. The lowest BCUT2D eigenvalue weighted by atomic mass is 10.2. The fourth-order valence-corrected chi connectivity index (χ4v) is 3.64. The maximum Gasteiger partial charge on any atom is 0.242 e. The maximum absolute atomic E-state index is 12.7. The number of benzene rings is 1. The molecule has 0 atom stereocenters. The molecule has 1 aromatic carbocycles. The number of anilines is 2. The zero-order chi connectivity index (χ0) is 20.4. The number of likely N-dealkylation sites (N-methyl/N-ethyl adjacent to an activating group) is 1. The van der Waals surface area contributed by atoms with E-state index in [9.17, 15) is 9.59 Å². The molecule has 0 bridgehead atoms. The van der Waals surface area contributed by atoms with E-state index in [1.807, 2.05) is 45.0 Å². The second-order valence-corrected chi connectivity index (χ2v) is 7.77. The third-order valence-electron chi connectivity index (χ3n) is 5.35. The van der Waals surface area contributed by atoms with Gasteiger partial charge >= 0.3 is 0 Å². The van der Waals surface area contributed by atoms with Crippen molar-refractivity contribution >= 4 is 35.1 Å². The lowest BCUT2D eigenvalue weighted by Gasteiger charge is -2.36. The average molecular weight is 415 g/mol. The van der Waals surface area contributed by atoms with Crippen LogP contribution in [-0.2, 0) is 16.1 Å². The third kappa shape index (κ3) is 4.42. The number of hydrogen-bond acceptors (Lipinski definition) is 6. The van der Waals surface area contributed by atoms with Crippen LogP contribution in [0.3, 0.4) is 0 Å². The highest BCUT2D eigenvalue weighted by Crippen LogP contribution is 2.21. The molecule has 0 aliphatic carbocycles. The summed E-state index contributed by atoms with van der Waals surface area (Å²) in [4.78, 5) is 40.8. The highest BCUT2D eigenvalue weighted by atomic mass is 35.5. The maximum atomic E-state index is 12.7. The second-order valence-electron chi connectivity index (χ2n) is 7.33. The number of aromatic nitrogens is 2. The molecular formula is C20H23ClN6O2. The summed E-state index contributed by atoms with van der Waals surface area (Å²) in [5, 5.41) is 0.687. The Kier molecular flexibility index (Phi) is 5.53. The molecule has 9 heteroatoms. The van der Waals surface area contributed by atoms with E-state index >= 15 is 0 Å². The fraction of sp³-hybridized carbons (Fsp3) is 0.400. The van der Waals surface area contributed by atoms with E-state index in [2.05, 4.69) is 9.97 Å². The van der Waals surface area contributed by atoms with Gasteiger partial charge in [-0.2, -0.15) is 0 Å². The molecular weight excluding hydrogens is 392 g/mol. The van der Waals surface area contributed by atoms with E-state index in [1.165, 1.54) is 6.33 Å². The summed E-state index contributed by atoms with van der Waals surface area (Å²) in [6.07, 6.45) is 1.50. The minimum atomic E-state index is 0.0566. The summed E-state index contributed by atoms with van der Waals surface area (Å²) in [5.41, 5.74) is 1.06. The number of halogens is 1. The van der Waals surface area contributed by atoms with Crippen molar-refractivity contribution in [2.75, 3.05) is 56.1 Å². The van der Waals surface area contributed by atoms with E-state index in [0.29, 0.717) is 49.4 Å². The fourth-order valence-electron chi connectivity index (χ4n) is 3.52. The van der Waals surface area contributed by atoms with Gasteiger partial charge in [-0.15, -0.1) is 0 Å². The predicted molar refractivity (Wildman–Crippen MR) is 111 cm³/mol. The topological polar surface area (TPSA) is 72.9 Å². The number of amides is 2. The van der Waals surface area contributed by atoms with Crippen molar-refractivity contribution in [1.29, 1.82) is 0 Å². The van der Waals surface area contributed by atoms with E-state index in [1.54, 1.807) is 11.9 Å². The van der Waals surface area contributed by atoms with Gasteiger partial charge in [0, 0.05) is 50.9 Å². The van der Waals surface area contributed by atoms with Crippen LogP contribution in [0.5, 0.6) is 0 Å². The normalized spacial score (nSPS) is 17.9. The third-order valence-corrected chi connectivity index (χ3v) is 5.60. The lowest BCUT2D eigenvalue weighted by molar-refractivity contribution is -0.131. The van der Waals surface area contributed by atoms with Crippen LogP contribution in [0.4, 0.5) is 11.6 Å². The Balaban J connectivity index is 1.41. The smallest absolute Gasteiger partial charge is 0.242 e. The molecule has 3 heterocycles. The first-order chi connectivity index (χ1) is 14.0. The van der Waals surface area contributed by atoms with Crippen LogP contribution in [-0.4, -0.2) is 77.9 Å². The van der Waals surface area contributed by atoms with Crippen molar-refractivity contribution in [3.05, 3.63) is 47.2 Å². The Morgan fingerprint density at radius 2 is 1.52 bits per heavy atom. The summed E-state index contributed by atoms with van der Waals surface area (Å²) in [5.74, 6) is 1.55. The van der Waals surface area contributed by atoms with Gasteiger partial charge in [-0.05, 0) is 17.7 Å². The molecule has 0 spiro atoms. The van der Waals surface area contributed by atoms with Crippen LogP contribution < -0.4 is 9.80 Å². The van der Waals surface area contributed by atoms with Crippen molar-refractivity contribution in [1.82, 2.24) is 19.8 Å². The first kappa shape index (κ1) is 19.4. The molecule has 4 rings (SSSR count).